The Morgan fingerprint density at radius 2 is 2.13 bits per heavy atom. The molecule has 1 unspecified atom stereocenters. The van der Waals surface area contributed by atoms with Crippen LogP contribution in [-0.4, -0.2) is 38.8 Å². The van der Waals surface area contributed by atoms with Crippen LogP contribution in [0.5, 0.6) is 0 Å². The van der Waals surface area contributed by atoms with E-state index in [1.165, 1.54) is 12.1 Å². The predicted octanol–water partition coefficient (Wildman–Crippen LogP) is 2.21. The summed E-state index contributed by atoms with van der Waals surface area (Å²) in [6, 6.07) is 6.26. The van der Waals surface area contributed by atoms with Gasteiger partial charge < -0.3 is 14.3 Å². The number of carbonyl (C=O) groups is 1. The van der Waals surface area contributed by atoms with Gasteiger partial charge in [0, 0.05) is 54.2 Å². The van der Waals surface area contributed by atoms with Gasteiger partial charge in [0.1, 0.15) is 11.6 Å². The lowest BCUT2D eigenvalue weighted by Crippen LogP contribution is -2.48. The number of pyridine rings is 1. The Morgan fingerprint density at radius 3 is 2.90 bits per heavy atom. The zero-order valence-corrected chi connectivity index (χ0v) is 17.2. The third-order valence-corrected chi connectivity index (χ3v) is 6.27. The molecule has 1 fully saturated rings. The summed E-state index contributed by atoms with van der Waals surface area (Å²) in [6.45, 7) is 2.67. The number of rotatable bonds is 2. The minimum absolute atomic E-state index is 0.0511. The fourth-order valence-corrected chi connectivity index (χ4v) is 4.86. The number of aryl methyl sites for hydroxylation is 1. The van der Waals surface area contributed by atoms with Crippen LogP contribution in [0.25, 0.3) is 11.4 Å². The van der Waals surface area contributed by atoms with E-state index in [2.05, 4.69) is 9.97 Å². The molecule has 8 nitrogen and oxygen atoms in total. The van der Waals surface area contributed by atoms with Crippen LogP contribution < -0.4 is 11.0 Å². The lowest BCUT2D eigenvalue weighted by Gasteiger charge is -2.40. The van der Waals surface area contributed by atoms with E-state index in [9.17, 15) is 14.4 Å². The number of hydrogen-bond acceptors (Lipinski definition) is 6. The van der Waals surface area contributed by atoms with Gasteiger partial charge in [-0.05, 0) is 44.7 Å². The fraction of sp³-hybridized carbons (Fsp3) is 0.348. The summed E-state index contributed by atoms with van der Waals surface area (Å²) in [5, 5.41) is 0. The van der Waals surface area contributed by atoms with Gasteiger partial charge in [0.25, 0.3) is 11.5 Å². The van der Waals surface area contributed by atoms with E-state index >= 15 is 0 Å². The van der Waals surface area contributed by atoms with E-state index in [1.807, 2.05) is 6.07 Å². The highest BCUT2D eigenvalue weighted by molar-refractivity contribution is 5.91. The molecule has 2 aliphatic rings. The summed E-state index contributed by atoms with van der Waals surface area (Å²) >= 11 is 0. The SMILES string of the molecule is Cc1cc(=O)cc(C(=O)N2CCCC3(CCc4c3nc(-c3cccnc3)[nH]c4=O)C2)o1. The van der Waals surface area contributed by atoms with E-state index in [1.54, 1.807) is 30.3 Å². The zero-order chi connectivity index (χ0) is 21.6. The van der Waals surface area contributed by atoms with Gasteiger partial charge in [-0.2, -0.15) is 0 Å². The number of fused-ring (bicyclic) bond motifs is 2. The van der Waals surface area contributed by atoms with Crippen LogP contribution >= 0.6 is 0 Å². The van der Waals surface area contributed by atoms with Gasteiger partial charge in [-0.1, -0.05) is 0 Å². The standard InChI is InChI=1S/C23H22N4O4/c1-14-10-16(28)11-18(31-14)22(30)27-9-3-6-23(13-27)7-5-17-19(23)25-20(26-21(17)29)15-4-2-8-24-12-15/h2,4,8,10-12H,3,5-7,9,13H2,1H3,(H,25,26,29). The van der Waals surface area contributed by atoms with Crippen LogP contribution in [0.15, 0.2) is 50.7 Å². The lowest BCUT2D eigenvalue weighted by molar-refractivity contribution is 0.0597. The molecule has 3 aromatic heterocycles. The van der Waals surface area contributed by atoms with Crippen molar-refractivity contribution in [2.45, 2.75) is 38.0 Å². The minimum atomic E-state index is -0.376. The van der Waals surface area contributed by atoms with Gasteiger partial charge in [0.15, 0.2) is 11.2 Å². The Morgan fingerprint density at radius 1 is 1.26 bits per heavy atom. The van der Waals surface area contributed by atoms with Crippen LogP contribution in [0.3, 0.4) is 0 Å². The average Bonchev–Trinajstić information content (AvgIpc) is 3.11. The largest absolute Gasteiger partial charge is 0.456 e. The van der Waals surface area contributed by atoms with Crippen molar-refractivity contribution in [3.8, 4) is 11.4 Å². The number of aromatic amines is 1. The molecule has 1 aliphatic heterocycles. The maximum Gasteiger partial charge on any atom is 0.289 e. The minimum Gasteiger partial charge on any atom is -0.456 e. The van der Waals surface area contributed by atoms with E-state index in [0.29, 0.717) is 36.7 Å². The molecule has 1 amide bonds. The molecule has 31 heavy (non-hydrogen) atoms. The molecule has 3 aromatic rings. The summed E-state index contributed by atoms with van der Waals surface area (Å²) in [4.78, 5) is 51.3. The van der Waals surface area contributed by atoms with Gasteiger partial charge in [-0.25, -0.2) is 4.98 Å². The quantitative estimate of drug-likeness (QED) is 0.683. The molecule has 158 valence electrons. The summed E-state index contributed by atoms with van der Waals surface area (Å²) in [7, 11) is 0. The third-order valence-electron chi connectivity index (χ3n) is 6.27. The van der Waals surface area contributed by atoms with Crippen LogP contribution in [-0.2, 0) is 11.8 Å². The van der Waals surface area contributed by atoms with E-state index < -0.39 is 0 Å². The second kappa shape index (κ2) is 7.30. The van der Waals surface area contributed by atoms with E-state index in [0.717, 1.165) is 30.5 Å². The summed E-state index contributed by atoms with van der Waals surface area (Å²) in [5.41, 5.74) is 1.46. The third kappa shape index (κ3) is 3.37. The van der Waals surface area contributed by atoms with Crippen molar-refractivity contribution in [1.82, 2.24) is 19.9 Å². The number of nitrogens with one attached hydrogen (secondary N) is 1. The molecule has 0 bridgehead atoms. The molecule has 1 aliphatic carbocycles. The fourth-order valence-electron chi connectivity index (χ4n) is 4.86. The average molecular weight is 418 g/mol. The molecule has 1 N–H and O–H groups in total. The Bertz CT molecular complexity index is 1280. The first-order valence-corrected chi connectivity index (χ1v) is 10.4. The van der Waals surface area contributed by atoms with Crippen LogP contribution in [0.4, 0.5) is 0 Å². The maximum atomic E-state index is 13.1. The van der Waals surface area contributed by atoms with Gasteiger partial charge in [-0.3, -0.25) is 19.4 Å². The molecule has 4 heterocycles. The summed E-state index contributed by atoms with van der Waals surface area (Å²) in [6.07, 6.45) is 6.37. The number of aromatic nitrogens is 3. The highest BCUT2D eigenvalue weighted by Gasteiger charge is 2.46. The molecule has 5 rings (SSSR count). The van der Waals surface area contributed by atoms with Gasteiger partial charge >= 0.3 is 0 Å². The first kappa shape index (κ1) is 19.4. The van der Waals surface area contributed by atoms with Gasteiger partial charge in [-0.15, -0.1) is 0 Å². The highest BCUT2D eigenvalue weighted by Crippen LogP contribution is 2.43. The first-order valence-electron chi connectivity index (χ1n) is 10.4. The van der Waals surface area contributed by atoms with Crippen molar-refractivity contribution in [2.75, 3.05) is 13.1 Å². The van der Waals surface area contributed by atoms with Crippen molar-refractivity contribution < 1.29 is 9.21 Å². The Labute approximate surface area is 178 Å². The van der Waals surface area contributed by atoms with Gasteiger partial charge in [0.2, 0.25) is 0 Å². The van der Waals surface area contributed by atoms with Crippen molar-refractivity contribution in [3.63, 3.8) is 0 Å². The predicted molar refractivity (Wildman–Crippen MR) is 113 cm³/mol. The van der Waals surface area contributed by atoms with Crippen molar-refractivity contribution >= 4 is 5.91 Å². The number of carbonyl (C=O) groups excluding carboxylic acids is 1. The number of piperidine rings is 1. The summed E-state index contributed by atoms with van der Waals surface area (Å²) in [5.74, 6) is 0.648. The Hall–Kier alpha value is -3.55. The number of H-pyrrole nitrogens is 1. The summed E-state index contributed by atoms with van der Waals surface area (Å²) < 4.78 is 5.52. The topological polar surface area (TPSA) is 109 Å². The molecule has 0 saturated carbocycles. The Balaban J connectivity index is 1.52. The smallest absolute Gasteiger partial charge is 0.289 e. The maximum absolute atomic E-state index is 13.1. The van der Waals surface area contributed by atoms with Crippen LogP contribution in [0.1, 0.15) is 46.8 Å². The lowest BCUT2D eigenvalue weighted by atomic mass is 9.77. The second-order valence-corrected chi connectivity index (χ2v) is 8.36. The van der Waals surface area contributed by atoms with E-state index in [-0.39, 0.29) is 28.1 Å². The molecule has 0 aromatic carbocycles. The second-order valence-electron chi connectivity index (χ2n) is 8.36. The van der Waals surface area contributed by atoms with Crippen molar-refractivity contribution in [2.24, 2.45) is 0 Å². The van der Waals surface area contributed by atoms with Crippen molar-refractivity contribution in [1.29, 1.82) is 0 Å². The number of hydrogen-bond donors (Lipinski definition) is 1. The molecule has 1 saturated heterocycles. The normalized spacial score (nSPS) is 20.1. The van der Waals surface area contributed by atoms with Crippen LogP contribution in [0.2, 0.25) is 0 Å². The monoisotopic (exact) mass is 418 g/mol. The van der Waals surface area contributed by atoms with Crippen LogP contribution in [0, 0.1) is 6.92 Å². The number of likely N-dealkylation sites (tertiary alicyclic amines) is 1. The molecule has 8 heteroatoms. The molecular formula is C23H22N4O4. The molecular weight excluding hydrogens is 396 g/mol. The highest BCUT2D eigenvalue weighted by atomic mass is 16.3. The number of amides is 1. The first-order chi connectivity index (χ1) is 14.9. The van der Waals surface area contributed by atoms with Crippen molar-refractivity contribution in [3.05, 3.63) is 80.0 Å². The van der Waals surface area contributed by atoms with E-state index in [4.69, 9.17) is 9.40 Å². The zero-order valence-electron chi connectivity index (χ0n) is 17.2. The molecule has 1 atom stereocenters. The van der Waals surface area contributed by atoms with Gasteiger partial charge in [0.05, 0.1) is 5.69 Å². The molecule has 0 radical (unpaired) electrons. The molecule has 1 spiro atoms. The Kier molecular flexibility index (Phi) is 4.57. The number of nitrogens with zero attached hydrogens (tertiary/aromatic N) is 3.